The average molecular weight is 388 g/mol. The Labute approximate surface area is 173 Å². The number of benzene rings is 2. The van der Waals surface area contributed by atoms with Gasteiger partial charge in [0.25, 0.3) is 0 Å². The summed E-state index contributed by atoms with van der Waals surface area (Å²) in [7, 11) is 1.71. The van der Waals surface area contributed by atoms with Gasteiger partial charge in [-0.2, -0.15) is 0 Å². The van der Waals surface area contributed by atoms with Gasteiger partial charge in [-0.1, -0.05) is 35.9 Å². The van der Waals surface area contributed by atoms with Gasteiger partial charge >= 0.3 is 0 Å². The molecule has 1 fully saturated rings. The molecular weight excluding hydrogens is 358 g/mol. The molecule has 3 aromatic rings. The minimum Gasteiger partial charge on any atom is -0.493 e. The van der Waals surface area contributed by atoms with Crippen molar-refractivity contribution in [2.45, 2.75) is 51.0 Å². The molecule has 1 atom stereocenters. The highest BCUT2D eigenvalue weighted by molar-refractivity contribution is 5.47. The third kappa shape index (κ3) is 4.79. The molecule has 1 aromatic heterocycles. The van der Waals surface area contributed by atoms with Crippen LogP contribution in [-0.2, 0) is 6.42 Å². The quantitative estimate of drug-likeness (QED) is 0.491. The summed E-state index contributed by atoms with van der Waals surface area (Å²) in [6.45, 7) is 2.15. The molecule has 0 spiro atoms. The van der Waals surface area contributed by atoms with Crippen molar-refractivity contribution in [3.05, 3.63) is 89.2 Å². The molecule has 0 N–H and O–H groups in total. The van der Waals surface area contributed by atoms with Gasteiger partial charge in [-0.25, -0.2) is 0 Å². The highest BCUT2D eigenvalue weighted by Crippen LogP contribution is 2.37. The van der Waals surface area contributed by atoms with Gasteiger partial charge < -0.3 is 9.47 Å². The fraction of sp³-hybridized carbons (Fsp3) is 0.346. The first-order valence-corrected chi connectivity index (χ1v) is 10.5. The van der Waals surface area contributed by atoms with Gasteiger partial charge in [-0.15, -0.1) is 0 Å². The number of nitrogens with zero attached hydrogens (tertiary/aromatic N) is 1. The largest absolute Gasteiger partial charge is 0.493 e. The molecule has 29 heavy (non-hydrogen) atoms. The van der Waals surface area contributed by atoms with E-state index in [-0.39, 0.29) is 5.92 Å². The molecule has 0 amide bonds. The topological polar surface area (TPSA) is 31.4 Å². The number of pyridine rings is 1. The summed E-state index contributed by atoms with van der Waals surface area (Å²) in [4.78, 5) is 4.17. The number of hydrogen-bond donors (Lipinski definition) is 0. The average Bonchev–Trinajstić information content (AvgIpc) is 3.26. The first-order valence-electron chi connectivity index (χ1n) is 10.5. The normalized spacial score (nSPS) is 15.2. The zero-order valence-electron chi connectivity index (χ0n) is 17.3. The van der Waals surface area contributed by atoms with Crippen LogP contribution in [0.25, 0.3) is 0 Å². The molecule has 1 aliphatic carbocycles. The predicted octanol–water partition coefficient (Wildman–Crippen LogP) is 6.09. The van der Waals surface area contributed by atoms with E-state index in [0.717, 1.165) is 30.8 Å². The molecule has 4 rings (SSSR count). The van der Waals surface area contributed by atoms with Crippen LogP contribution in [0.1, 0.15) is 53.9 Å². The zero-order chi connectivity index (χ0) is 20.1. The van der Waals surface area contributed by atoms with E-state index in [1.165, 1.54) is 35.1 Å². The van der Waals surface area contributed by atoms with Crippen molar-refractivity contribution in [3.63, 3.8) is 0 Å². The van der Waals surface area contributed by atoms with Crippen LogP contribution in [0.3, 0.4) is 0 Å². The maximum absolute atomic E-state index is 6.36. The molecule has 1 saturated carbocycles. The summed E-state index contributed by atoms with van der Waals surface area (Å²) in [5.74, 6) is 1.92. The van der Waals surface area contributed by atoms with Crippen LogP contribution in [0.4, 0.5) is 0 Å². The van der Waals surface area contributed by atoms with Gasteiger partial charge in [0.05, 0.1) is 13.2 Å². The predicted molar refractivity (Wildman–Crippen MR) is 117 cm³/mol. The summed E-state index contributed by atoms with van der Waals surface area (Å²) < 4.78 is 12.0. The van der Waals surface area contributed by atoms with Crippen LogP contribution in [0.15, 0.2) is 67.0 Å². The maximum Gasteiger partial charge on any atom is 0.161 e. The second-order valence-electron chi connectivity index (χ2n) is 7.96. The van der Waals surface area contributed by atoms with E-state index in [1.54, 1.807) is 7.11 Å². The summed E-state index contributed by atoms with van der Waals surface area (Å²) in [6, 6.07) is 19.4. The molecule has 0 radical (unpaired) electrons. The number of methoxy groups -OCH3 is 1. The molecule has 150 valence electrons. The first-order chi connectivity index (χ1) is 14.2. The Morgan fingerprint density at radius 1 is 0.931 bits per heavy atom. The molecular formula is C26H29NO2. The van der Waals surface area contributed by atoms with E-state index in [9.17, 15) is 0 Å². The third-order valence-electron chi connectivity index (χ3n) is 5.82. The number of hydrogen-bond acceptors (Lipinski definition) is 3. The summed E-state index contributed by atoms with van der Waals surface area (Å²) in [5, 5.41) is 0. The Kier molecular flexibility index (Phi) is 6.14. The molecule has 0 saturated heterocycles. The van der Waals surface area contributed by atoms with Crippen LogP contribution < -0.4 is 9.47 Å². The first kappa shape index (κ1) is 19.5. The molecule has 0 aliphatic heterocycles. The summed E-state index contributed by atoms with van der Waals surface area (Å²) in [6.07, 6.45) is 9.72. The van der Waals surface area contributed by atoms with Crippen LogP contribution in [0.2, 0.25) is 0 Å². The third-order valence-corrected chi connectivity index (χ3v) is 5.82. The Morgan fingerprint density at radius 2 is 1.69 bits per heavy atom. The Morgan fingerprint density at radius 3 is 2.41 bits per heavy atom. The number of aromatic nitrogens is 1. The highest BCUT2D eigenvalue weighted by atomic mass is 16.5. The molecule has 1 heterocycles. The monoisotopic (exact) mass is 387 g/mol. The molecule has 3 nitrogen and oxygen atoms in total. The lowest BCUT2D eigenvalue weighted by molar-refractivity contribution is 0.200. The lowest BCUT2D eigenvalue weighted by Crippen LogP contribution is -2.12. The summed E-state index contributed by atoms with van der Waals surface area (Å²) in [5.41, 5.74) is 5.12. The van der Waals surface area contributed by atoms with Crippen molar-refractivity contribution in [1.29, 1.82) is 0 Å². The van der Waals surface area contributed by atoms with Gasteiger partial charge in [0.1, 0.15) is 0 Å². The van der Waals surface area contributed by atoms with Crippen molar-refractivity contribution in [2.75, 3.05) is 7.11 Å². The molecule has 1 unspecified atom stereocenters. The van der Waals surface area contributed by atoms with Crippen molar-refractivity contribution in [2.24, 2.45) is 0 Å². The van der Waals surface area contributed by atoms with E-state index in [0.29, 0.717) is 6.10 Å². The highest BCUT2D eigenvalue weighted by Gasteiger charge is 2.21. The van der Waals surface area contributed by atoms with Gasteiger partial charge in [0, 0.05) is 18.3 Å². The zero-order valence-corrected chi connectivity index (χ0v) is 17.3. The second kappa shape index (κ2) is 9.13. The second-order valence-corrected chi connectivity index (χ2v) is 7.96. The van der Waals surface area contributed by atoms with Crippen LogP contribution >= 0.6 is 0 Å². The van der Waals surface area contributed by atoms with Crippen molar-refractivity contribution < 1.29 is 9.47 Å². The van der Waals surface area contributed by atoms with Crippen molar-refractivity contribution in [3.8, 4) is 11.5 Å². The number of aryl methyl sites for hydroxylation is 1. The van der Waals surface area contributed by atoms with E-state index in [4.69, 9.17) is 9.47 Å². The van der Waals surface area contributed by atoms with Crippen LogP contribution in [0, 0.1) is 6.92 Å². The van der Waals surface area contributed by atoms with E-state index in [1.807, 2.05) is 12.4 Å². The fourth-order valence-electron chi connectivity index (χ4n) is 4.26. The van der Waals surface area contributed by atoms with Crippen molar-refractivity contribution >= 4 is 0 Å². The Bertz CT molecular complexity index is 932. The Balaban J connectivity index is 1.71. The fourth-order valence-corrected chi connectivity index (χ4v) is 4.26. The van der Waals surface area contributed by atoms with Gasteiger partial charge in [-0.05, 0) is 80.0 Å². The van der Waals surface area contributed by atoms with E-state index >= 15 is 0 Å². The van der Waals surface area contributed by atoms with Crippen molar-refractivity contribution in [1.82, 2.24) is 4.98 Å². The minimum atomic E-state index is 0.245. The molecule has 1 aliphatic rings. The standard InChI is InChI=1S/C26H29NO2/c1-19-6-5-7-21(16-19)24(17-20-12-14-27-15-13-20)22-10-11-25(28-2)26(18-22)29-23-8-3-4-9-23/h5-7,10-16,18,23-24H,3-4,8-9,17H2,1-2H3. The molecule has 2 aromatic carbocycles. The molecule has 3 heteroatoms. The van der Waals surface area contributed by atoms with Crippen LogP contribution in [0.5, 0.6) is 11.5 Å². The smallest absolute Gasteiger partial charge is 0.161 e. The lowest BCUT2D eigenvalue weighted by Gasteiger charge is -2.22. The van der Waals surface area contributed by atoms with Gasteiger partial charge in [0.2, 0.25) is 0 Å². The SMILES string of the molecule is COc1ccc(C(Cc2ccncc2)c2cccc(C)c2)cc1OC1CCCC1. The molecule has 0 bridgehead atoms. The van der Waals surface area contributed by atoms with Crippen LogP contribution in [-0.4, -0.2) is 18.2 Å². The summed E-state index contributed by atoms with van der Waals surface area (Å²) >= 11 is 0. The lowest BCUT2D eigenvalue weighted by atomic mass is 9.85. The Hall–Kier alpha value is -2.81. The van der Waals surface area contributed by atoms with Gasteiger partial charge in [0.15, 0.2) is 11.5 Å². The maximum atomic E-state index is 6.36. The van der Waals surface area contributed by atoms with E-state index in [2.05, 4.69) is 66.5 Å². The minimum absolute atomic E-state index is 0.245. The number of rotatable bonds is 7. The number of ether oxygens (including phenoxy) is 2. The van der Waals surface area contributed by atoms with Gasteiger partial charge in [-0.3, -0.25) is 4.98 Å². The van der Waals surface area contributed by atoms with E-state index < -0.39 is 0 Å².